The number of phenols is 1. The molecule has 0 amide bonds. The third kappa shape index (κ3) is 3.54. The lowest BCUT2D eigenvalue weighted by atomic mass is 10.1. The van der Waals surface area contributed by atoms with Gasteiger partial charge < -0.3 is 19.5 Å². The fraction of sp³-hybridized carbons (Fsp3) is 0.150. The van der Waals surface area contributed by atoms with Crippen LogP contribution in [0.25, 0.3) is 16.9 Å². The van der Waals surface area contributed by atoms with Gasteiger partial charge >= 0.3 is 5.97 Å². The van der Waals surface area contributed by atoms with Crippen molar-refractivity contribution in [2.75, 3.05) is 7.11 Å². The molecule has 3 rings (SSSR count). The standard InChI is InChI=1S/C20H18FNO4/c1-26-16-7-2-13(3-8-16)18-9-4-14(6-11-20(24)25)22(18)15-5-10-19(23)17(21)12-15/h2-5,7-10,12,23H,6,11H2,1H3,(H,24,25). The molecule has 0 saturated heterocycles. The second-order valence-electron chi connectivity index (χ2n) is 5.80. The number of phenolic OH excluding ortho intramolecular Hbond substituents is 1. The Kier molecular flexibility index (Phi) is 4.93. The molecular formula is C20H18FNO4. The summed E-state index contributed by atoms with van der Waals surface area (Å²) in [5.74, 6) is -1.35. The number of nitrogens with zero attached hydrogens (tertiary/aromatic N) is 1. The summed E-state index contributed by atoms with van der Waals surface area (Å²) >= 11 is 0. The summed E-state index contributed by atoms with van der Waals surface area (Å²) in [7, 11) is 1.58. The number of carbonyl (C=O) groups is 1. The van der Waals surface area contributed by atoms with Crippen LogP contribution >= 0.6 is 0 Å². The van der Waals surface area contributed by atoms with Gasteiger partial charge in [0.1, 0.15) is 5.75 Å². The summed E-state index contributed by atoms with van der Waals surface area (Å²) < 4.78 is 20.8. The van der Waals surface area contributed by atoms with E-state index in [2.05, 4.69) is 0 Å². The third-order valence-corrected chi connectivity index (χ3v) is 4.13. The van der Waals surface area contributed by atoms with Crippen molar-refractivity contribution >= 4 is 5.97 Å². The largest absolute Gasteiger partial charge is 0.505 e. The zero-order chi connectivity index (χ0) is 18.7. The number of hydrogen-bond donors (Lipinski definition) is 2. The van der Waals surface area contributed by atoms with Gasteiger partial charge in [-0.2, -0.15) is 0 Å². The van der Waals surface area contributed by atoms with Gasteiger partial charge in [-0.05, 0) is 60.5 Å². The molecule has 0 aliphatic rings. The number of aromatic hydroxyl groups is 1. The minimum absolute atomic E-state index is 0.0351. The van der Waals surface area contributed by atoms with Gasteiger partial charge in [0.2, 0.25) is 0 Å². The Balaban J connectivity index is 2.11. The molecule has 3 aromatic rings. The number of methoxy groups -OCH3 is 1. The summed E-state index contributed by atoms with van der Waals surface area (Å²) in [4.78, 5) is 11.0. The van der Waals surface area contributed by atoms with Gasteiger partial charge in [0.15, 0.2) is 11.6 Å². The molecule has 0 atom stereocenters. The van der Waals surface area contributed by atoms with Crippen LogP contribution in [0.4, 0.5) is 4.39 Å². The summed E-state index contributed by atoms with van der Waals surface area (Å²) in [6.45, 7) is 0. The zero-order valence-electron chi connectivity index (χ0n) is 14.1. The summed E-state index contributed by atoms with van der Waals surface area (Å²) in [5, 5.41) is 18.4. The Morgan fingerprint density at radius 2 is 1.85 bits per heavy atom. The summed E-state index contributed by atoms with van der Waals surface area (Å²) in [6.07, 6.45) is 0.264. The smallest absolute Gasteiger partial charge is 0.303 e. The Hall–Kier alpha value is -3.28. The van der Waals surface area contributed by atoms with E-state index < -0.39 is 17.5 Å². The highest BCUT2D eigenvalue weighted by Crippen LogP contribution is 2.30. The molecule has 0 radical (unpaired) electrons. The summed E-state index contributed by atoms with van der Waals surface area (Å²) in [5.41, 5.74) is 2.92. The van der Waals surface area contributed by atoms with Crippen molar-refractivity contribution in [2.45, 2.75) is 12.8 Å². The zero-order valence-corrected chi connectivity index (χ0v) is 14.1. The predicted molar refractivity (Wildman–Crippen MR) is 95.3 cm³/mol. The molecule has 0 fully saturated rings. The van der Waals surface area contributed by atoms with E-state index in [1.807, 2.05) is 36.4 Å². The third-order valence-electron chi connectivity index (χ3n) is 4.13. The summed E-state index contributed by atoms with van der Waals surface area (Å²) in [6, 6.07) is 15.2. The number of benzene rings is 2. The van der Waals surface area contributed by atoms with E-state index in [4.69, 9.17) is 9.84 Å². The first-order chi connectivity index (χ1) is 12.5. The highest BCUT2D eigenvalue weighted by molar-refractivity contribution is 5.68. The van der Waals surface area contributed by atoms with Crippen LogP contribution < -0.4 is 4.74 Å². The normalized spacial score (nSPS) is 10.7. The Labute approximate surface area is 149 Å². The Morgan fingerprint density at radius 1 is 1.12 bits per heavy atom. The van der Waals surface area contributed by atoms with Crippen LogP contribution in [-0.2, 0) is 11.2 Å². The number of rotatable bonds is 6. The van der Waals surface area contributed by atoms with Gasteiger partial charge in [0.05, 0.1) is 19.2 Å². The van der Waals surface area contributed by atoms with Crippen molar-refractivity contribution in [1.82, 2.24) is 4.57 Å². The van der Waals surface area contributed by atoms with Crippen LogP contribution in [0.1, 0.15) is 12.1 Å². The van der Waals surface area contributed by atoms with E-state index in [1.54, 1.807) is 17.7 Å². The molecule has 0 spiro atoms. The lowest BCUT2D eigenvalue weighted by Gasteiger charge is -2.14. The number of hydrogen-bond acceptors (Lipinski definition) is 3. The van der Waals surface area contributed by atoms with E-state index in [9.17, 15) is 14.3 Å². The molecule has 0 aliphatic carbocycles. The van der Waals surface area contributed by atoms with Gasteiger partial charge in [-0.3, -0.25) is 4.79 Å². The Bertz CT molecular complexity index is 931. The maximum Gasteiger partial charge on any atom is 0.303 e. The molecule has 6 heteroatoms. The number of ether oxygens (including phenoxy) is 1. The molecule has 1 heterocycles. The van der Waals surface area contributed by atoms with Crippen molar-refractivity contribution in [3.05, 3.63) is 66.1 Å². The van der Waals surface area contributed by atoms with Crippen molar-refractivity contribution in [3.63, 3.8) is 0 Å². The number of carboxylic acid groups (broad SMARTS) is 1. The predicted octanol–water partition coefficient (Wildman–Crippen LogP) is 4.01. The van der Waals surface area contributed by atoms with E-state index in [0.29, 0.717) is 17.9 Å². The van der Waals surface area contributed by atoms with E-state index >= 15 is 0 Å². The average Bonchev–Trinajstić information content (AvgIpc) is 3.06. The van der Waals surface area contributed by atoms with Crippen LogP contribution in [0.3, 0.4) is 0 Å². The molecule has 0 bridgehead atoms. The lowest BCUT2D eigenvalue weighted by molar-refractivity contribution is -0.136. The van der Waals surface area contributed by atoms with E-state index in [-0.39, 0.29) is 6.42 Å². The highest BCUT2D eigenvalue weighted by Gasteiger charge is 2.15. The number of carboxylic acids is 1. The van der Waals surface area contributed by atoms with Gasteiger partial charge in [-0.15, -0.1) is 0 Å². The maximum absolute atomic E-state index is 13.9. The molecule has 134 valence electrons. The van der Waals surface area contributed by atoms with Crippen molar-refractivity contribution in [3.8, 4) is 28.4 Å². The molecule has 2 N–H and O–H groups in total. The van der Waals surface area contributed by atoms with Crippen LogP contribution in [-0.4, -0.2) is 27.9 Å². The molecule has 0 unspecified atom stereocenters. The van der Waals surface area contributed by atoms with Crippen LogP contribution in [0.15, 0.2) is 54.6 Å². The SMILES string of the molecule is COc1ccc(-c2ccc(CCC(=O)O)n2-c2ccc(O)c(F)c2)cc1. The molecule has 2 aromatic carbocycles. The van der Waals surface area contributed by atoms with Gasteiger partial charge in [-0.1, -0.05) is 0 Å². The second-order valence-corrected chi connectivity index (χ2v) is 5.80. The van der Waals surface area contributed by atoms with Crippen LogP contribution in [0.2, 0.25) is 0 Å². The lowest BCUT2D eigenvalue weighted by Crippen LogP contribution is -2.05. The second kappa shape index (κ2) is 7.31. The van der Waals surface area contributed by atoms with Gasteiger partial charge in [0, 0.05) is 17.4 Å². The van der Waals surface area contributed by atoms with Crippen LogP contribution in [0, 0.1) is 5.82 Å². The van der Waals surface area contributed by atoms with Gasteiger partial charge in [-0.25, -0.2) is 4.39 Å². The molecule has 26 heavy (non-hydrogen) atoms. The van der Waals surface area contributed by atoms with E-state index in [1.165, 1.54) is 12.1 Å². The number of aliphatic carboxylic acids is 1. The first kappa shape index (κ1) is 17.5. The van der Waals surface area contributed by atoms with Crippen LogP contribution in [0.5, 0.6) is 11.5 Å². The molecule has 0 saturated carbocycles. The van der Waals surface area contributed by atoms with Gasteiger partial charge in [0.25, 0.3) is 0 Å². The fourth-order valence-corrected chi connectivity index (χ4v) is 2.84. The average molecular weight is 355 g/mol. The molecule has 5 nitrogen and oxygen atoms in total. The monoisotopic (exact) mass is 355 g/mol. The molecule has 1 aromatic heterocycles. The quantitative estimate of drug-likeness (QED) is 0.701. The van der Waals surface area contributed by atoms with Crippen molar-refractivity contribution in [2.24, 2.45) is 0 Å². The molecule has 0 aliphatic heterocycles. The minimum atomic E-state index is -0.902. The number of aromatic nitrogens is 1. The molecular weight excluding hydrogens is 337 g/mol. The number of aryl methyl sites for hydroxylation is 1. The van der Waals surface area contributed by atoms with Crippen molar-refractivity contribution in [1.29, 1.82) is 0 Å². The Morgan fingerprint density at radius 3 is 2.46 bits per heavy atom. The van der Waals surface area contributed by atoms with E-state index in [0.717, 1.165) is 17.0 Å². The highest BCUT2D eigenvalue weighted by atomic mass is 19.1. The van der Waals surface area contributed by atoms with Crippen molar-refractivity contribution < 1.29 is 24.1 Å². The minimum Gasteiger partial charge on any atom is -0.505 e. The maximum atomic E-state index is 13.9. The number of halogens is 1. The first-order valence-corrected chi connectivity index (χ1v) is 8.05. The first-order valence-electron chi connectivity index (χ1n) is 8.05. The topological polar surface area (TPSA) is 71.7 Å². The fourth-order valence-electron chi connectivity index (χ4n) is 2.84.